The zero-order chi connectivity index (χ0) is 12.0. The molecule has 1 aromatic rings. The Hall–Kier alpha value is -1.69. The summed E-state index contributed by atoms with van der Waals surface area (Å²) in [5.41, 5.74) is 0.583. The van der Waals surface area contributed by atoms with Crippen LogP contribution in [0.5, 0.6) is 0 Å². The first-order valence-electron chi connectivity index (χ1n) is 5.04. The molecule has 0 aromatic carbocycles. The number of aliphatic hydroxyl groups excluding tert-OH is 1. The molecule has 0 amide bonds. The Labute approximate surface area is 93.7 Å². The summed E-state index contributed by atoms with van der Waals surface area (Å²) in [4.78, 5) is 10.1. The van der Waals surface area contributed by atoms with Gasteiger partial charge in [-0.1, -0.05) is 0 Å². The van der Waals surface area contributed by atoms with Gasteiger partial charge in [0.05, 0.1) is 11.4 Å². The summed E-state index contributed by atoms with van der Waals surface area (Å²) in [6.07, 6.45) is 3.15. The Morgan fingerprint density at radius 2 is 2.44 bits per heavy atom. The van der Waals surface area contributed by atoms with E-state index in [9.17, 15) is 15.2 Å². The van der Waals surface area contributed by atoms with Crippen LogP contribution in [0.3, 0.4) is 0 Å². The van der Waals surface area contributed by atoms with Crippen molar-refractivity contribution in [2.75, 3.05) is 13.6 Å². The van der Waals surface area contributed by atoms with E-state index in [1.54, 1.807) is 19.2 Å². The summed E-state index contributed by atoms with van der Waals surface area (Å²) in [6, 6.07) is 3.28. The molecule has 0 aliphatic heterocycles. The average Bonchev–Trinajstić information content (AvgIpc) is 2.28. The van der Waals surface area contributed by atoms with Gasteiger partial charge in [-0.3, -0.25) is 5.01 Å². The van der Waals surface area contributed by atoms with Crippen molar-refractivity contribution in [3.63, 3.8) is 0 Å². The third kappa shape index (κ3) is 3.82. The van der Waals surface area contributed by atoms with Gasteiger partial charge in [0.2, 0.25) is 0 Å². The Bertz CT molecular complexity index is 346. The van der Waals surface area contributed by atoms with E-state index in [-0.39, 0.29) is 0 Å². The minimum Gasteiger partial charge on any atom is -0.619 e. The zero-order valence-corrected chi connectivity index (χ0v) is 9.11. The number of nitroso groups, excluding NO2 is 1. The molecule has 6 heteroatoms. The van der Waals surface area contributed by atoms with Crippen LogP contribution in [0.25, 0.3) is 0 Å². The monoisotopic (exact) mass is 225 g/mol. The van der Waals surface area contributed by atoms with Gasteiger partial charge in [-0.2, -0.15) is 4.73 Å². The third-order valence-corrected chi connectivity index (χ3v) is 2.28. The maximum absolute atomic E-state index is 11.0. The van der Waals surface area contributed by atoms with Crippen LogP contribution in [0, 0.1) is 10.1 Å². The number of nitrogens with zero attached hydrogens (tertiary/aromatic N) is 3. The lowest BCUT2D eigenvalue weighted by Gasteiger charge is -2.12. The predicted octanol–water partition coefficient (Wildman–Crippen LogP) is 0.747. The number of aliphatic hydroxyl groups is 1. The second kappa shape index (κ2) is 6.02. The van der Waals surface area contributed by atoms with Gasteiger partial charge in [-0.15, -0.1) is 4.91 Å². The highest BCUT2D eigenvalue weighted by molar-refractivity contribution is 5.08. The van der Waals surface area contributed by atoms with Crippen molar-refractivity contribution < 1.29 is 9.84 Å². The number of aromatic nitrogens is 1. The van der Waals surface area contributed by atoms with Crippen LogP contribution in [0.2, 0.25) is 0 Å². The highest BCUT2D eigenvalue weighted by atomic mass is 16.5. The van der Waals surface area contributed by atoms with E-state index in [4.69, 9.17) is 0 Å². The molecular formula is C10H15N3O3. The second-order valence-electron chi connectivity index (χ2n) is 3.62. The minimum atomic E-state index is -0.679. The van der Waals surface area contributed by atoms with Crippen molar-refractivity contribution in [3.05, 3.63) is 40.2 Å². The van der Waals surface area contributed by atoms with E-state index < -0.39 is 6.10 Å². The Balaban J connectivity index is 2.40. The smallest absolute Gasteiger partial charge is 0.186 e. The first kappa shape index (κ1) is 12.4. The molecule has 1 heterocycles. The first-order valence-corrected chi connectivity index (χ1v) is 5.04. The molecular weight excluding hydrogens is 210 g/mol. The summed E-state index contributed by atoms with van der Waals surface area (Å²) in [6.45, 7) is 0.491. The Morgan fingerprint density at radius 1 is 1.69 bits per heavy atom. The molecule has 1 atom stereocenters. The van der Waals surface area contributed by atoms with Gasteiger partial charge >= 0.3 is 0 Å². The van der Waals surface area contributed by atoms with Crippen LogP contribution in [-0.4, -0.2) is 23.7 Å². The lowest BCUT2D eigenvalue weighted by atomic mass is 10.1. The molecule has 88 valence electrons. The summed E-state index contributed by atoms with van der Waals surface area (Å²) in [7, 11) is 1.58. The van der Waals surface area contributed by atoms with E-state index in [1.165, 1.54) is 17.4 Å². The molecule has 16 heavy (non-hydrogen) atoms. The molecule has 6 nitrogen and oxygen atoms in total. The molecule has 0 aliphatic rings. The van der Waals surface area contributed by atoms with Gasteiger partial charge in [0.15, 0.2) is 12.4 Å². The van der Waals surface area contributed by atoms with Crippen molar-refractivity contribution in [2.24, 2.45) is 5.29 Å². The van der Waals surface area contributed by atoms with Gasteiger partial charge in [0.25, 0.3) is 0 Å². The SMILES string of the molecule is CN(CCCC(O)c1ccc[n+]([O-])c1)N=O. The number of rotatable bonds is 6. The molecule has 0 fully saturated rings. The van der Waals surface area contributed by atoms with Gasteiger partial charge < -0.3 is 10.3 Å². The maximum Gasteiger partial charge on any atom is 0.186 e. The van der Waals surface area contributed by atoms with Crippen LogP contribution in [0.1, 0.15) is 24.5 Å². The molecule has 1 rings (SSSR count). The van der Waals surface area contributed by atoms with Crippen LogP contribution < -0.4 is 4.73 Å². The van der Waals surface area contributed by atoms with E-state index in [0.29, 0.717) is 29.7 Å². The highest BCUT2D eigenvalue weighted by Crippen LogP contribution is 2.16. The van der Waals surface area contributed by atoms with Crippen molar-refractivity contribution in [3.8, 4) is 0 Å². The van der Waals surface area contributed by atoms with Crippen molar-refractivity contribution in [2.45, 2.75) is 18.9 Å². The van der Waals surface area contributed by atoms with E-state index in [0.717, 1.165) is 0 Å². The molecule has 0 aliphatic carbocycles. The zero-order valence-electron chi connectivity index (χ0n) is 9.11. The average molecular weight is 225 g/mol. The summed E-state index contributed by atoms with van der Waals surface area (Å²) >= 11 is 0. The maximum atomic E-state index is 11.0. The molecule has 1 N–H and O–H groups in total. The first-order chi connectivity index (χ1) is 7.63. The number of hydrogen-bond acceptors (Lipinski definition) is 4. The standard InChI is InChI=1S/C10H15N3O3/c1-12(11-15)6-3-5-10(14)9-4-2-7-13(16)8-9/h2,4,7-8,10,14H,3,5-6H2,1H3. The van der Waals surface area contributed by atoms with Crippen molar-refractivity contribution in [1.82, 2.24) is 5.01 Å². The number of pyridine rings is 1. The largest absolute Gasteiger partial charge is 0.619 e. The molecule has 1 aromatic heterocycles. The van der Waals surface area contributed by atoms with E-state index in [1.807, 2.05) is 0 Å². The molecule has 0 saturated carbocycles. The molecule has 0 bridgehead atoms. The fourth-order valence-electron chi connectivity index (χ4n) is 1.39. The topological polar surface area (TPSA) is 79.8 Å². The minimum absolute atomic E-state index is 0.490. The van der Waals surface area contributed by atoms with Gasteiger partial charge in [-0.25, -0.2) is 0 Å². The number of hydrogen-bond donors (Lipinski definition) is 1. The molecule has 1 unspecified atom stereocenters. The lowest BCUT2D eigenvalue weighted by molar-refractivity contribution is -0.606. The van der Waals surface area contributed by atoms with Crippen molar-refractivity contribution >= 4 is 0 Å². The summed E-state index contributed by atoms with van der Waals surface area (Å²) in [5, 5.41) is 24.7. The van der Waals surface area contributed by atoms with Crippen LogP contribution >= 0.6 is 0 Å². The molecule has 0 spiro atoms. The van der Waals surface area contributed by atoms with Crippen LogP contribution in [-0.2, 0) is 0 Å². The molecule has 0 saturated heterocycles. The third-order valence-electron chi connectivity index (χ3n) is 2.28. The van der Waals surface area contributed by atoms with E-state index in [2.05, 4.69) is 5.29 Å². The second-order valence-corrected chi connectivity index (χ2v) is 3.62. The highest BCUT2D eigenvalue weighted by Gasteiger charge is 2.10. The Morgan fingerprint density at radius 3 is 3.06 bits per heavy atom. The summed E-state index contributed by atoms with van der Waals surface area (Å²) in [5.74, 6) is 0. The van der Waals surface area contributed by atoms with Crippen molar-refractivity contribution in [1.29, 1.82) is 0 Å². The lowest BCUT2D eigenvalue weighted by Crippen LogP contribution is -2.25. The normalized spacial score (nSPS) is 12.1. The quantitative estimate of drug-likeness (QED) is 0.335. The van der Waals surface area contributed by atoms with E-state index >= 15 is 0 Å². The van der Waals surface area contributed by atoms with Crippen LogP contribution in [0.15, 0.2) is 29.8 Å². The summed E-state index contributed by atoms with van der Waals surface area (Å²) < 4.78 is 0.650. The predicted molar refractivity (Wildman–Crippen MR) is 58.0 cm³/mol. The fourth-order valence-corrected chi connectivity index (χ4v) is 1.39. The molecule has 0 radical (unpaired) electrons. The van der Waals surface area contributed by atoms with Gasteiger partial charge in [0.1, 0.15) is 0 Å². The Kier molecular flexibility index (Phi) is 4.65. The van der Waals surface area contributed by atoms with Gasteiger partial charge in [-0.05, 0) is 18.9 Å². The fraction of sp³-hybridized carbons (Fsp3) is 0.500. The van der Waals surface area contributed by atoms with Crippen LogP contribution in [0.4, 0.5) is 0 Å². The van der Waals surface area contributed by atoms with Gasteiger partial charge in [0, 0.05) is 25.2 Å².